The lowest BCUT2D eigenvalue weighted by Gasteiger charge is -2.07. The Hall–Kier alpha value is -2.80. The number of hydrogen-bond donors (Lipinski definition) is 0. The summed E-state index contributed by atoms with van der Waals surface area (Å²) in [7, 11) is 2.16. The van der Waals surface area contributed by atoms with Gasteiger partial charge in [0, 0.05) is 28.8 Å². The first kappa shape index (κ1) is 13.8. The van der Waals surface area contributed by atoms with Crippen LogP contribution in [-0.2, 0) is 7.05 Å². The van der Waals surface area contributed by atoms with E-state index in [2.05, 4.69) is 85.8 Å². The fourth-order valence-corrected chi connectivity index (χ4v) is 3.67. The van der Waals surface area contributed by atoms with Gasteiger partial charge in [-0.05, 0) is 17.9 Å². The van der Waals surface area contributed by atoms with E-state index in [9.17, 15) is 0 Å². The summed E-state index contributed by atoms with van der Waals surface area (Å²) >= 11 is 0. The van der Waals surface area contributed by atoms with Gasteiger partial charge in [-0.1, -0.05) is 73.3 Å². The highest BCUT2D eigenvalue weighted by atomic mass is 14.9. The number of allylic oxidation sites excluding steroid dienone is 1. The maximum absolute atomic E-state index is 3.97. The summed E-state index contributed by atoms with van der Waals surface area (Å²) in [6, 6.07) is 17.4. The third-order valence-electron chi connectivity index (χ3n) is 4.67. The highest BCUT2D eigenvalue weighted by molar-refractivity contribution is 6.19. The second-order valence-electron chi connectivity index (χ2n) is 5.91. The number of nitrogens with zero attached hydrogens (tertiary/aromatic N) is 1. The lowest BCUT2D eigenvalue weighted by molar-refractivity contribution is 1.02. The second-order valence-corrected chi connectivity index (χ2v) is 5.91. The van der Waals surface area contributed by atoms with Crippen molar-refractivity contribution in [3.05, 3.63) is 72.3 Å². The summed E-state index contributed by atoms with van der Waals surface area (Å²) in [5.74, 6) is 0. The molecular weight excluding hydrogens is 278 g/mol. The largest absolute Gasteiger partial charge is 0.343 e. The van der Waals surface area contributed by atoms with Crippen molar-refractivity contribution in [1.82, 2.24) is 4.57 Å². The Balaban J connectivity index is 2.31. The Labute approximate surface area is 136 Å². The van der Waals surface area contributed by atoms with Crippen LogP contribution in [0.15, 0.2) is 61.2 Å². The monoisotopic (exact) mass is 297 g/mol. The molecule has 0 unspecified atom stereocenters. The molecule has 0 aliphatic heterocycles. The van der Waals surface area contributed by atoms with Crippen molar-refractivity contribution in [3.63, 3.8) is 0 Å². The quantitative estimate of drug-likeness (QED) is 0.417. The Morgan fingerprint density at radius 1 is 0.870 bits per heavy atom. The molecule has 112 valence electrons. The maximum atomic E-state index is 3.97. The molecule has 23 heavy (non-hydrogen) atoms. The Morgan fingerprint density at radius 2 is 1.61 bits per heavy atom. The minimum Gasteiger partial charge on any atom is -0.343 e. The topological polar surface area (TPSA) is 4.93 Å². The first-order valence-electron chi connectivity index (χ1n) is 7.94. The number of aryl methyl sites for hydroxylation is 1. The summed E-state index contributed by atoms with van der Waals surface area (Å²) in [6.45, 7) is 6.03. The Kier molecular flexibility index (Phi) is 3.09. The lowest BCUT2D eigenvalue weighted by Crippen LogP contribution is -1.92. The molecular formula is C22H19N. The van der Waals surface area contributed by atoms with Crippen LogP contribution in [0.3, 0.4) is 0 Å². The van der Waals surface area contributed by atoms with Crippen LogP contribution in [0.25, 0.3) is 44.7 Å². The van der Waals surface area contributed by atoms with Gasteiger partial charge in [0.05, 0.1) is 11.0 Å². The van der Waals surface area contributed by atoms with Crippen molar-refractivity contribution in [2.75, 3.05) is 0 Å². The minimum atomic E-state index is 1.17. The van der Waals surface area contributed by atoms with Gasteiger partial charge in [0.15, 0.2) is 0 Å². The molecule has 0 spiro atoms. The molecule has 1 nitrogen and oxygen atoms in total. The van der Waals surface area contributed by atoms with Gasteiger partial charge in [-0.15, -0.1) is 0 Å². The molecule has 0 bridgehead atoms. The first-order valence-corrected chi connectivity index (χ1v) is 7.94. The number of aromatic nitrogens is 1. The smallest absolute Gasteiger partial charge is 0.0568 e. The summed E-state index contributed by atoms with van der Waals surface area (Å²) in [6.07, 6.45) is 6.21. The van der Waals surface area contributed by atoms with E-state index in [1.54, 1.807) is 0 Å². The van der Waals surface area contributed by atoms with Gasteiger partial charge in [0.25, 0.3) is 0 Å². The number of hydrogen-bond acceptors (Lipinski definition) is 0. The standard InChI is InChI=1S/C22H19N/c1-4-8-17-15(5-2)11-13-19-20-14-12-16-9-6-7-10-18(16)22(20)23(3)21(17)19/h4-14H,2H2,1,3H3/b8-4-. The van der Waals surface area contributed by atoms with Crippen molar-refractivity contribution >= 4 is 44.7 Å². The molecule has 1 heteroatoms. The normalized spacial score (nSPS) is 11.9. The van der Waals surface area contributed by atoms with Gasteiger partial charge >= 0.3 is 0 Å². The minimum absolute atomic E-state index is 1.17. The third-order valence-corrected chi connectivity index (χ3v) is 4.67. The molecule has 0 saturated heterocycles. The predicted octanol–water partition coefficient (Wildman–Crippen LogP) is 6.16. The number of fused-ring (bicyclic) bond motifs is 5. The van der Waals surface area contributed by atoms with Crippen LogP contribution in [-0.4, -0.2) is 4.57 Å². The van der Waals surface area contributed by atoms with Crippen LogP contribution in [0.2, 0.25) is 0 Å². The van der Waals surface area contributed by atoms with Crippen molar-refractivity contribution < 1.29 is 0 Å². The van der Waals surface area contributed by atoms with Gasteiger partial charge < -0.3 is 4.57 Å². The van der Waals surface area contributed by atoms with E-state index in [1.165, 1.54) is 43.7 Å². The zero-order valence-corrected chi connectivity index (χ0v) is 13.5. The molecule has 0 radical (unpaired) electrons. The summed E-state index contributed by atoms with van der Waals surface area (Å²) in [5.41, 5.74) is 4.98. The molecule has 0 N–H and O–H groups in total. The van der Waals surface area contributed by atoms with Crippen LogP contribution < -0.4 is 0 Å². The lowest BCUT2D eigenvalue weighted by atomic mass is 10.0. The van der Waals surface area contributed by atoms with Crippen molar-refractivity contribution in [2.24, 2.45) is 7.05 Å². The summed E-state index contributed by atoms with van der Waals surface area (Å²) in [4.78, 5) is 0. The van der Waals surface area contributed by atoms with E-state index >= 15 is 0 Å². The fraction of sp³-hybridized carbons (Fsp3) is 0.0909. The van der Waals surface area contributed by atoms with Crippen LogP contribution in [0.1, 0.15) is 18.1 Å². The molecule has 0 fully saturated rings. The zero-order chi connectivity index (χ0) is 16.0. The molecule has 0 saturated carbocycles. The van der Waals surface area contributed by atoms with E-state index in [0.717, 1.165) is 0 Å². The number of rotatable bonds is 2. The number of benzene rings is 3. The molecule has 0 aliphatic rings. The second kappa shape index (κ2) is 5.13. The van der Waals surface area contributed by atoms with E-state index in [0.29, 0.717) is 0 Å². The summed E-state index contributed by atoms with van der Waals surface area (Å²) < 4.78 is 2.33. The van der Waals surface area contributed by atoms with E-state index in [-0.39, 0.29) is 0 Å². The van der Waals surface area contributed by atoms with Crippen LogP contribution in [0, 0.1) is 0 Å². The van der Waals surface area contributed by atoms with Crippen molar-refractivity contribution in [2.45, 2.75) is 6.92 Å². The molecule has 0 atom stereocenters. The Bertz CT molecular complexity index is 1090. The molecule has 0 amide bonds. The molecule has 3 aromatic carbocycles. The average Bonchev–Trinajstić information content (AvgIpc) is 2.89. The maximum Gasteiger partial charge on any atom is 0.0568 e. The van der Waals surface area contributed by atoms with Gasteiger partial charge in [-0.3, -0.25) is 0 Å². The third kappa shape index (κ3) is 1.86. The first-order chi connectivity index (χ1) is 11.3. The van der Waals surface area contributed by atoms with Crippen LogP contribution >= 0.6 is 0 Å². The van der Waals surface area contributed by atoms with Gasteiger partial charge in [-0.2, -0.15) is 0 Å². The molecule has 1 heterocycles. The highest BCUT2D eigenvalue weighted by Crippen LogP contribution is 2.36. The van der Waals surface area contributed by atoms with E-state index in [1.807, 2.05) is 6.08 Å². The van der Waals surface area contributed by atoms with Gasteiger partial charge in [0.1, 0.15) is 0 Å². The zero-order valence-electron chi connectivity index (χ0n) is 13.5. The highest BCUT2D eigenvalue weighted by Gasteiger charge is 2.14. The van der Waals surface area contributed by atoms with Crippen molar-refractivity contribution in [3.8, 4) is 0 Å². The van der Waals surface area contributed by atoms with Crippen LogP contribution in [0.4, 0.5) is 0 Å². The van der Waals surface area contributed by atoms with Gasteiger partial charge in [-0.25, -0.2) is 0 Å². The van der Waals surface area contributed by atoms with E-state index < -0.39 is 0 Å². The average molecular weight is 297 g/mol. The molecule has 0 aliphatic carbocycles. The Morgan fingerprint density at radius 3 is 2.39 bits per heavy atom. The van der Waals surface area contributed by atoms with Gasteiger partial charge in [0.2, 0.25) is 0 Å². The summed E-state index contributed by atoms with van der Waals surface area (Å²) in [5, 5.41) is 5.19. The molecule has 4 rings (SSSR count). The predicted molar refractivity (Wildman–Crippen MR) is 103 cm³/mol. The van der Waals surface area contributed by atoms with Crippen molar-refractivity contribution in [1.29, 1.82) is 0 Å². The molecule has 4 aromatic rings. The molecule has 1 aromatic heterocycles. The SMILES string of the molecule is C=Cc1ccc2c3ccc4ccccc4c3n(C)c2c1/C=C\C. The van der Waals surface area contributed by atoms with E-state index in [4.69, 9.17) is 0 Å². The fourth-order valence-electron chi connectivity index (χ4n) is 3.67. The van der Waals surface area contributed by atoms with Crippen LogP contribution in [0.5, 0.6) is 0 Å².